The molecule has 0 heterocycles. The summed E-state index contributed by atoms with van der Waals surface area (Å²) in [6.45, 7) is 3.29. The topological polar surface area (TPSA) is 46.2 Å². The van der Waals surface area contributed by atoms with Gasteiger partial charge in [-0.05, 0) is 32.0 Å². The Morgan fingerprint density at radius 2 is 2.00 bits per heavy atom. The number of hydrogen-bond donors (Lipinski definition) is 2. The third-order valence-corrected chi connectivity index (χ3v) is 1.40. The van der Waals surface area contributed by atoms with Crippen LogP contribution in [0.15, 0.2) is 24.3 Å². The molecule has 1 rings (SSSR count). The first-order valence-electron chi connectivity index (χ1n) is 4.25. The van der Waals surface area contributed by atoms with Crippen molar-refractivity contribution in [3.8, 4) is 11.8 Å². The van der Waals surface area contributed by atoms with Crippen molar-refractivity contribution < 1.29 is 23.1 Å². The van der Waals surface area contributed by atoms with Crippen LogP contribution >= 0.6 is 9.82 Å². The van der Waals surface area contributed by atoms with Crippen LogP contribution in [0.4, 0.5) is 5.69 Å². The van der Waals surface area contributed by atoms with Gasteiger partial charge < -0.3 is 10.8 Å². The molecule has 0 aliphatic rings. The number of nitrogens with two attached hydrogens (primary N) is 1. The summed E-state index contributed by atoms with van der Waals surface area (Å²) in [5.41, 5.74) is 6.12. The Morgan fingerprint density at radius 1 is 1.40 bits per heavy atom. The molecule has 0 saturated heterocycles. The summed E-state index contributed by atoms with van der Waals surface area (Å²) in [5, 5.41) is 9.34. The van der Waals surface area contributed by atoms with Gasteiger partial charge in [-0.25, -0.2) is 0 Å². The molecule has 15 heavy (non-hydrogen) atoms. The van der Waals surface area contributed by atoms with Gasteiger partial charge in [-0.15, -0.1) is 0 Å². The molecule has 1 aromatic carbocycles. The van der Waals surface area contributed by atoms with Gasteiger partial charge in [0.05, 0.1) is 0 Å². The second-order valence-electron chi connectivity index (χ2n) is 3.43. The van der Waals surface area contributed by atoms with Crippen molar-refractivity contribution in [2.75, 3.05) is 5.73 Å². The van der Waals surface area contributed by atoms with E-state index in [0.717, 1.165) is 5.56 Å². The predicted molar refractivity (Wildman–Crippen MR) is 61.6 cm³/mol. The third kappa shape index (κ3) is 7.39. The van der Waals surface area contributed by atoms with Crippen LogP contribution in [0.3, 0.4) is 0 Å². The molecule has 0 fully saturated rings. The van der Waals surface area contributed by atoms with E-state index >= 15 is 0 Å². The summed E-state index contributed by atoms with van der Waals surface area (Å²) < 4.78 is 0. The van der Waals surface area contributed by atoms with E-state index in [1.54, 1.807) is 26.0 Å². The number of benzene rings is 1. The van der Waals surface area contributed by atoms with Crippen molar-refractivity contribution in [3.05, 3.63) is 29.8 Å². The molecule has 2 nitrogen and oxygen atoms in total. The van der Waals surface area contributed by atoms with Crippen molar-refractivity contribution in [2.45, 2.75) is 19.4 Å². The van der Waals surface area contributed by atoms with Crippen LogP contribution < -0.4 is 5.73 Å². The molecule has 3 N–H and O–H groups in total. The zero-order valence-electron chi connectivity index (χ0n) is 8.65. The summed E-state index contributed by atoms with van der Waals surface area (Å²) >= 11 is 1.17. The van der Waals surface area contributed by atoms with Crippen LogP contribution in [0.5, 0.6) is 0 Å². The molecule has 0 saturated carbocycles. The minimum absolute atomic E-state index is 0.683. The van der Waals surface area contributed by atoms with E-state index in [2.05, 4.69) is 21.7 Å². The fraction of sp³-hybridized carbons (Fsp3) is 0.273. The average Bonchev–Trinajstić information content (AvgIpc) is 2.17. The van der Waals surface area contributed by atoms with E-state index in [-0.39, 0.29) is 0 Å². The first-order chi connectivity index (χ1) is 6.97. The second kappa shape index (κ2) is 6.85. The monoisotopic (exact) mass is 391 g/mol. The molecule has 0 aromatic heterocycles. The Bertz CT molecular complexity index is 376. The average molecular weight is 391 g/mol. The van der Waals surface area contributed by atoms with E-state index in [9.17, 15) is 5.11 Å². The van der Waals surface area contributed by atoms with Crippen LogP contribution in [-0.2, 0) is 18.0 Å². The summed E-state index contributed by atoms with van der Waals surface area (Å²) in [5.74, 6) is 5.56. The zero-order chi connectivity index (χ0) is 11.9. The van der Waals surface area contributed by atoms with E-state index in [1.807, 2.05) is 12.1 Å². The SMILES string of the molecule is CC(C)(O)C#Cc1cccc(N)c1.[S]=[W]. The quantitative estimate of drug-likeness (QED) is 0.526. The Kier molecular flexibility index (Phi) is 6.59. The second-order valence-corrected chi connectivity index (χ2v) is 3.43. The Labute approximate surface area is 105 Å². The summed E-state index contributed by atoms with van der Waals surface area (Å²) in [4.78, 5) is 0. The molecule has 0 bridgehead atoms. The first kappa shape index (κ1) is 14.4. The number of hydrogen-bond acceptors (Lipinski definition) is 3. The van der Waals surface area contributed by atoms with E-state index in [4.69, 9.17) is 5.73 Å². The van der Waals surface area contributed by atoms with Crippen molar-refractivity contribution >= 4 is 15.5 Å². The first-order valence-corrected chi connectivity index (χ1v) is 8.18. The molecule has 0 aliphatic carbocycles. The molecule has 1 aromatic rings. The van der Waals surface area contributed by atoms with Gasteiger partial charge >= 0.3 is 27.8 Å². The maximum absolute atomic E-state index is 9.34. The van der Waals surface area contributed by atoms with Gasteiger partial charge in [-0.3, -0.25) is 0 Å². The van der Waals surface area contributed by atoms with Gasteiger partial charge in [0.15, 0.2) is 0 Å². The van der Waals surface area contributed by atoms with Crippen LogP contribution in [0.1, 0.15) is 19.4 Å². The third-order valence-electron chi connectivity index (χ3n) is 1.40. The molecular weight excluding hydrogens is 378 g/mol. The molecule has 4 heteroatoms. The van der Waals surface area contributed by atoms with Gasteiger partial charge in [0, 0.05) is 11.3 Å². The minimum atomic E-state index is -0.954. The Morgan fingerprint density at radius 3 is 2.47 bits per heavy atom. The predicted octanol–water partition coefficient (Wildman–Crippen LogP) is 2.04. The van der Waals surface area contributed by atoms with Crippen molar-refractivity contribution in [1.29, 1.82) is 0 Å². The molecule has 0 unspecified atom stereocenters. The summed E-state index contributed by atoms with van der Waals surface area (Å²) in [7, 11) is 4.17. The van der Waals surface area contributed by atoms with Gasteiger partial charge in [0.1, 0.15) is 5.60 Å². The number of aliphatic hydroxyl groups is 1. The molecule has 0 radical (unpaired) electrons. The van der Waals surface area contributed by atoms with Gasteiger partial charge in [0.2, 0.25) is 0 Å². The van der Waals surface area contributed by atoms with Crippen LogP contribution in [0, 0.1) is 11.8 Å². The van der Waals surface area contributed by atoms with Crippen LogP contribution in [-0.4, -0.2) is 10.7 Å². The van der Waals surface area contributed by atoms with E-state index in [0.29, 0.717) is 5.69 Å². The fourth-order valence-electron chi connectivity index (χ4n) is 0.842. The van der Waals surface area contributed by atoms with Crippen molar-refractivity contribution in [3.63, 3.8) is 0 Å². The Balaban J connectivity index is 0.000000921. The normalized spacial score (nSPS) is 9.27. The molecule has 0 atom stereocenters. The number of anilines is 1. The molecule has 0 amide bonds. The van der Waals surface area contributed by atoms with E-state index < -0.39 is 5.60 Å². The molecule has 0 spiro atoms. The summed E-state index contributed by atoms with van der Waals surface area (Å²) in [6.07, 6.45) is 0. The standard InChI is InChI=1S/C11H13NO.S.W/c1-11(2,13)7-6-9-4-3-5-10(12)8-9;;/h3-5,8,13H,12H2,1-2H3;;. The van der Waals surface area contributed by atoms with Crippen molar-refractivity contribution in [1.82, 2.24) is 0 Å². The van der Waals surface area contributed by atoms with E-state index in [1.165, 1.54) is 18.0 Å². The van der Waals surface area contributed by atoms with Gasteiger partial charge in [0.25, 0.3) is 0 Å². The van der Waals surface area contributed by atoms with Gasteiger partial charge in [-0.1, -0.05) is 17.9 Å². The number of rotatable bonds is 0. The maximum atomic E-state index is 9.34. The van der Waals surface area contributed by atoms with Gasteiger partial charge in [-0.2, -0.15) is 0 Å². The fourth-order valence-corrected chi connectivity index (χ4v) is 0.842. The van der Waals surface area contributed by atoms with Crippen LogP contribution in [0.2, 0.25) is 0 Å². The molecule has 80 valence electrons. The summed E-state index contributed by atoms with van der Waals surface area (Å²) in [6, 6.07) is 7.27. The zero-order valence-corrected chi connectivity index (χ0v) is 12.4. The van der Waals surface area contributed by atoms with Crippen LogP contribution in [0.25, 0.3) is 0 Å². The molecular formula is C11H13NOSW. The molecule has 0 aliphatic heterocycles. The Hall–Kier alpha value is -0.552. The number of nitrogen functional groups attached to an aromatic ring is 1. The van der Waals surface area contributed by atoms with Crippen molar-refractivity contribution in [2.24, 2.45) is 0 Å².